The third-order valence-corrected chi connectivity index (χ3v) is 4.14. The van der Waals surface area contributed by atoms with E-state index >= 15 is 0 Å². The quantitative estimate of drug-likeness (QED) is 0.885. The smallest absolute Gasteiger partial charge is 0.269 e. The maximum Gasteiger partial charge on any atom is 0.269 e. The Morgan fingerprint density at radius 3 is 2.73 bits per heavy atom. The van der Waals surface area contributed by atoms with Crippen LogP contribution in [0.25, 0.3) is 0 Å². The third kappa shape index (κ3) is 3.06. The molecular formula is C19H16FN5O. The summed E-state index contributed by atoms with van der Waals surface area (Å²) in [5.41, 5.74) is 2.07. The molecule has 2 aliphatic heterocycles. The van der Waals surface area contributed by atoms with Crippen molar-refractivity contribution in [1.29, 1.82) is 0 Å². The number of allylic oxidation sites excluding steroid dienone is 3. The molecule has 1 unspecified atom stereocenters. The first-order valence-corrected chi connectivity index (χ1v) is 8.16. The van der Waals surface area contributed by atoms with Gasteiger partial charge in [-0.3, -0.25) is 4.79 Å². The molecule has 0 spiro atoms. The van der Waals surface area contributed by atoms with Gasteiger partial charge in [-0.05, 0) is 35.9 Å². The molecule has 1 atom stereocenters. The zero-order valence-electron chi connectivity index (χ0n) is 13.8. The van der Waals surface area contributed by atoms with Gasteiger partial charge in [-0.25, -0.2) is 14.4 Å². The lowest BCUT2D eigenvalue weighted by Gasteiger charge is -2.26. The van der Waals surface area contributed by atoms with Crippen LogP contribution in [0.4, 0.5) is 4.39 Å². The second-order valence-electron chi connectivity index (χ2n) is 5.81. The van der Waals surface area contributed by atoms with Crippen molar-refractivity contribution in [1.82, 2.24) is 25.5 Å². The minimum Gasteiger partial charge on any atom is -0.355 e. The molecule has 0 bridgehead atoms. The summed E-state index contributed by atoms with van der Waals surface area (Å²) in [6.45, 7) is 0.235. The molecule has 0 fully saturated rings. The van der Waals surface area contributed by atoms with Crippen LogP contribution >= 0.6 is 0 Å². The summed E-state index contributed by atoms with van der Waals surface area (Å²) in [7, 11) is 0. The lowest BCUT2D eigenvalue weighted by Crippen LogP contribution is -2.32. The molecule has 6 nitrogen and oxygen atoms in total. The second kappa shape index (κ2) is 6.79. The highest BCUT2D eigenvalue weighted by Gasteiger charge is 2.33. The number of hydrogen-bond acceptors (Lipinski definition) is 5. The van der Waals surface area contributed by atoms with E-state index in [2.05, 4.69) is 20.6 Å². The third-order valence-electron chi connectivity index (χ3n) is 4.14. The van der Waals surface area contributed by atoms with Gasteiger partial charge in [0.1, 0.15) is 23.5 Å². The predicted molar refractivity (Wildman–Crippen MR) is 93.3 cm³/mol. The van der Waals surface area contributed by atoms with Gasteiger partial charge in [0.15, 0.2) is 0 Å². The zero-order chi connectivity index (χ0) is 17.9. The van der Waals surface area contributed by atoms with E-state index in [1.807, 2.05) is 29.3 Å². The van der Waals surface area contributed by atoms with Crippen molar-refractivity contribution in [2.75, 3.05) is 0 Å². The number of halogens is 1. The van der Waals surface area contributed by atoms with E-state index in [4.69, 9.17) is 0 Å². The van der Waals surface area contributed by atoms with E-state index in [9.17, 15) is 9.18 Å². The van der Waals surface area contributed by atoms with Gasteiger partial charge in [-0.2, -0.15) is 0 Å². The van der Waals surface area contributed by atoms with Crippen LogP contribution in [0.5, 0.6) is 0 Å². The summed E-state index contributed by atoms with van der Waals surface area (Å²) in [4.78, 5) is 22.8. The van der Waals surface area contributed by atoms with Crippen molar-refractivity contribution in [3.8, 4) is 0 Å². The molecule has 1 amide bonds. The lowest BCUT2D eigenvalue weighted by molar-refractivity contribution is -0.118. The van der Waals surface area contributed by atoms with Crippen LogP contribution in [0.2, 0.25) is 0 Å². The number of rotatable bonds is 4. The summed E-state index contributed by atoms with van der Waals surface area (Å²) in [6, 6.07) is 7.94. The molecule has 2 aliphatic rings. The van der Waals surface area contributed by atoms with Crippen LogP contribution in [0.15, 0.2) is 78.5 Å². The monoisotopic (exact) mass is 349 g/mol. The first-order valence-electron chi connectivity index (χ1n) is 8.16. The van der Waals surface area contributed by atoms with Crippen molar-refractivity contribution in [3.63, 3.8) is 0 Å². The molecular weight excluding hydrogens is 333 g/mol. The Morgan fingerprint density at radius 1 is 1.19 bits per heavy atom. The molecule has 0 saturated carbocycles. The Kier molecular flexibility index (Phi) is 4.18. The maximum atomic E-state index is 13.2. The molecule has 3 heterocycles. The molecule has 2 aromatic rings. The van der Waals surface area contributed by atoms with Crippen molar-refractivity contribution in [3.05, 3.63) is 95.8 Å². The Morgan fingerprint density at radius 2 is 1.96 bits per heavy atom. The van der Waals surface area contributed by atoms with E-state index in [0.717, 1.165) is 11.3 Å². The van der Waals surface area contributed by atoms with Gasteiger partial charge in [0.25, 0.3) is 5.91 Å². The summed E-state index contributed by atoms with van der Waals surface area (Å²) in [5, 5.41) is 6.06. The molecule has 130 valence electrons. The van der Waals surface area contributed by atoms with Gasteiger partial charge in [-0.1, -0.05) is 18.2 Å². The highest BCUT2D eigenvalue weighted by molar-refractivity contribution is 5.94. The molecule has 4 rings (SSSR count). The summed E-state index contributed by atoms with van der Waals surface area (Å²) < 4.78 is 13.2. The summed E-state index contributed by atoms with van der Waals surface area (Å²) in [6.07, 6.45) is 10.5. The Bertz CT molecular complexity index is 905. The molecule has 0 aliphatic carbocycles. The van der Waals surface area contributed by atoms with Gasteiger partial charge in [-0.15, -0.1) is 0 Å². The average Bonchev–Trinajstić information content (AvgIpc) is 3.07. The predicted octanol–water partition coefficient (Wildman–Crippen LogP) is 2.13. The number of carbonyl (C=O) groups is 1. The number of nitrogens with zero attached hydrogens (tertiary/aromatic N) is 3. The number of aromatic nitrogens is 2. The van der Waals surface area contributed by atoms with Crippen LogP contribution in [0.1, 0.15) is 17.6 Å². The zero-order valence-corrected chi connectivity index (χ0v) is 13.8. The molecule has 7 heteroatoms. The second-order valence-corrected chi connectivity index (χ2v) is 5.81. The van der Waals surface area contributed by atoms with Gasteiger partial charge in [0, 0.05) is 18.6 Å². The van der Waals surface area contributed by atoms with E-state index in [1.165, 1.54) is 12.1 Å². The fraction of sp³-hybridized carbons (Fsp3) is 0.105. The van der Waals surface area contributed by atoms with Crippen LogP contribution in [-0.4, -0.2) is 20.8 Å². The van der Waals surface area contributed by atoms with E-state index in [0.29, 0.717) is 11.5 Å². The summed E-state index contributed by atoms with van der Waals surface area (Å²) >= 11 is 0. The normalized spacial score (nSPS) is 17.9. The first-order chi connectivity index (χ1) is 12.7. The van der Waals surface area contributed by atoms with Crippen molar-refractivity contribution in [2.24, 2.45) is 0 Å². The highest BCUT2D eigenvalue weighted by atomic mass is 19.1. The van der Waals surface area contributed by atoms with Gasteiger partial charge in [0.05, 0.1) is 12.2 Å². The van der Waals surface area contributed by atoms with Gasteiger partial charge >= 0.3 is 0 Å². The molecule has 0 radical (unpaired) electrons. The van der Waals surface area contributed by atoms with Gasteiger partial charge < -0.3 is 15.5 Å². The molecule has 1 aromatic heterocycles. The van der Waals surface area contributed by atoms with E-state index in [-0.39, 0.29) is 24.4 Å². The number of nitrogens with one attached hydrogen (secondary N) is 2. The largest absolute Gasteiger partial charge is 0.355 e. The molecule has 2 N–H and O–H groups in total. The van der Waals surface area contributed by atoms with E-state index < -0.39 is 0 Å². The van der Waals surface area contributed by atoms with Crippen molar-refractivity contribution >= 4 is 5.91 Å². The lowest BCUT2D eigenvalue weighted by atomic mass is 10.1. The van der Waals surface area contributed by atoms with E-state index in [1.54, 1.807) is 30.6 Å². The fourth-order valence-electron chi connectivity index (χ4n) is 2.91. The Labute approximate surface area is 149 Å². The molecule has 0 saturated heterocycles. The fourth-order valence-corrected chi connectivity index (χ4v) is 2.91. The van der Waals surface area contributed by atoms with Crippen LogP contribution in [-0.2, 0) is 11.3 Å². The topological polar surface area (TPSA) is 70.2 Å². The summed E-state index contributed by atoms with van der Waals surface area (Å²) in [5.74, 6) is -0.00711. The Hall–Kier alpha value is -3.48. The minimum absolute atomic E-state index is 0.235. The minimum atomic E-state index is -0.296. The molecule has 26 heavy (non-hydrogen) atoms. The van der Waals surface area contributed by atoms with Crippen LogP contribution in [0.3, 0.4) is 0 Å². The Balaban J connectivity index is 1.55. The SMILES string of the molecule is O=C(NCc1ncccn1)C1=C2C=CC=CN2C(c2ccc(F)cc2)N1. The number of hydrogen-bond donors (Lipinski definition) is 2. The van der Waals surface area contributed by atoms with Crippen molar-refractivity contribution < 1.29 is 9.18 Å². The van der Waals surface area contributed by atoms with Crippen LogP contribution in [0, 0.1) is 5.82 Å². The standard InChI is InChI=1S/C19H16FN5O/c20-14-7-5-13(6-8-14)18-24-17(15-4-1-2-11-25(15)18)19(26)23-12-16-21-9-3-10-22-16/h1-11,18,24H,12H2,(H,23,26). The highest BCUT2D eigenvalue weighted by Crippen LogP contribution is 2.33. The first kappa shape index (κ1) is 16.0. The number of benzene rings is 1. The van der Waals surface area contributed by atoms with Crippen LogP contribution < -0.4 is 10.6 Å². The number of fused-ring (bicyclic) bond motifs is 1. The average molecular weight is 349 g/mol. The number of carbonyl (C=O) groups excluding carboxylic acids is 1. The van der Waals surface area contributed by atoms with Gasteiger partial charge in [0.2, 0.25) is 0 Å². The number of amides is 1. The molecule has 1 aromatic carbocycles. The van der Waals surface area contributed by atoms with Crippen molar-refractivity contribution in [2.45, 2.75) is 12.7 Å². The maximum absolute atomic E-state index is 13.2.